The van der Waals surface area contributed by atoms with Crippen LogP contribution in [0.4, 0.5) is 18.9 Å². The third-order valence-corrected chi connectivity index (χ3v) is 2.55. The molecule has 1 aromatic carbocycles. The highest BCUT2D eigenvalue weighted by Crippen LogP contribution is 2.26. The summed E-state index contributed by atoms with van der Waals surface area (Å²) in [6.45, 7) is 1.76. The summed E-state index contributed by atoms with van der Waals surface area (Å²) in [5.74, 6) is -2.10. The Bertz CT molecular complexity index is 605. The zero-order valence-corrected chi connectivity index (χ0v) is 12.4. The number of hydrogen-bond donors (Lipinski definition) is 2. The van der Waals surface area contributed by atoms with E-state index in [1.54, 1.807) is 32.0 Å². The highest BCUT2D eigenvalue weighted by Gasteiger charge is 2.36. The first-order chi connectivity index (χ1) is 10.1. The number of carbonyl (C=O) groups is 1. The summed E-state index contributed by atoms with van der Waals surface area (Å²) < 4.78 is 37.1. The summed E-state index contributed by atoms with van der Waals surface area (Å²) in [5.41, 5.74) is 0.911. The fourth-order valence-electron chi connectivity index (χ4n) is 1.48. The van der Waals surface area contributed by atoms with E-state index in [1.165, 1.54) is 24.4 Å². The Morgan fingerprint density at radius 2 is 1.95 bits per heavy atom. The van der Waals surface area contributed by atoms with Crippen molar-refractivity contribution in [2.45, 2.75) is 13.1 Å². The molecule has 0 aliphatic carbocycles. The molecule has 7 heteroatoms. The van der Waals surface area contributed by atoms with Gasteiger partial charge in [-0.3, -0.25) is 4.79 Å². The van der Waals surface area contributed by atoms with Gasteiger partial charge in [-0.15, -0.1) is 0 Å². The van der Waals surface area contributed by atoms with Crippen LogP contribution in [0.15, 0.2) is 42.2 Å². The average molecular weight is 314 g/mol. The molecule has 0 aromatic heterocycles. The molecule has 0 aliphatic heterocycles. The Labute approximate surface area is 126 Å². The van der Waals surface area contributed by atoms with Gasteiger partial charge in [0.2, 0.25) is 0 Å². The largest absolute Gasteiger partial charge is 0.506 e. The molecule has 0 amide bonds. The van der Waals surface area contributed by atoms with Crippen molar-refractivity contribution in [1.29, 1.82) is 0 Å². The molecular weight excluding hydrogens is 297 g/mol. The number of ketones is 1. The summed E-state index contributed by atoms with van der Waals surface area (Å²) in [5, 5.41) is 12.4. The van der Waals surface area contributed by atoms with Crippen molar-refractivity contribution in [3.05, 3.63) is 47.8 Å². The second kappa shape index (κ2) is 7.02. The van der Waals surface area contributed by atoms with Crippen molar-refractivity contribution in [3.8, 4) is 5.75 Å². The van der Waals surface area contributed by atoms with Gasteiger partial charge >= 0.3 is 6.18 Å². The van der Waals surface area contributed by atoms with E-state index in [4.69, 9.17) is 0 Å². The lowest BCUT2D eigenvalue weighted by atomic mass is 10.2. The van der Waals surface area contributed by atoms with Crippen LogP contribution in [0.5, 0.6) is 5.75 Å². The molecular formula is C15H17F3N2O2. The molecule has 1 aromatic rings. The number of aromatic hydroxyl groups is 1. The predicted octanol–water partition coefficient (Wildman–Crippen LogP) is 3.20. The number of phenolic OH excluding ortho intramolecular Hbond substituents is 1. The average Bonchev–Trinajstić information content (AvgIpc) is 2.37. The van der Waals surface area contributed by atoms with Gasteiger partial charge in [0.1, 0.15) is 5.75 Å². The van der Waals surface area contributed by atoms with Crippen molar-refractivity contribution in [2.75, 3.05) is 19.4 Å². The van der Waals surface area contributed by atoms with Crippen molar-refractivity contribution in [2.24, 2.45) is 0 Å². The van der Waals surface area contributed by atoms with E-state index in [0.717, 1.165) is 5.56 Å². The van der Waals surface area contributed by atoms with Gasteiger partial charge < -0.3 is 15.3 Å². The van der Waals surface area contributed by atoms with Crippen molar-refractivity contribution in [3.63, 3.8) is 0 Å². The van der Waals surface area contributed by atoms with E-state index in [9.17, 15) is 23.1 Å². The Kier molecular flexibility index (Phi) is 5.62. The molecule has 4 nitrogen and oxygen atoms in total. The molecule has 22 heavy (non-hydrogen) atoms. The first kappa shape index (κ1) is 17.6. The van der Waals surface area contributed by atoms with E-state index < -0.39 is 12.0 Å². The molecule has 0 aliphatic rings. The van der Waals surface area contributed by atoms with Gasteiger partial charge in [0.25, 0.3) is 5.78 Å². The Hall–Kier alpha value is -2.44. The van der Waals surface area contributed by atoms with Crippen LogP contribution in [0.1, 0.15) is 5.56 Å². The molecule has 120 valence electrons. The molecule has 0 bridgehead atoms. The number of phenols is 1. The number of alkyl halides is 3. The smallest absolute Gasteiger partial charge is 0.454 e. The fraction of sp³-hybridized carbons (Fsp3) is 0.267. The number of rotatable bonds is 5. The summed E-state index contributed by atoms with van der Waals surface area (Å²) in [4.78, 5) is 12.7. The molecule has 0 spiro atoms. The van der Waals surface area contributed by atoms with Crippen molar-refractivity contribution >= 4 is 11.5 Å². The predicted molar refractivity (Wildman–Crippen MR) is 78.4 cm³/mol. The van der Waals surface area contributed by atoms with Gasteiger partial charge in [0.05, 0.1) is 5.69 Å². The van der Waals surface area contributed by atoms with Crippen LogP contribution in [-0.2, 0) is 4.79 Å². The molecule has 1 rings (SSSR count). The first-order valence-electron chi connectivity index (χ1n) is 6.33. The lowest BCUT2D eigenvalue weighted by molar-refractivity contribution is -0.165. The highest BCUT2D eigenvalue weighted by molar-refractivity contribution is 5.95. The van der Waals surface area contributed by atoms with Gasteiger partial charge in [-0.1, -0.05) is 6.07 Å². The Morgan fingerprint density at radius 1 is 1.32 bits per heavy atom. The maximum atomic E-state index is 12.4. The van der Waals surface area contributed by atoms with Crippen LogP contribution >= 0.6 is 0 Å². The lowest BCUT2D eigenvalue weighted by Gasteiger charge is -2.12. The van der Waals surface area contributed by atoms with Crippen LogP contribution in [0, 0.1) is 6.92 Å². The highest BCUT2D eigenvalue weighted by atomic mass is 19.4. The summed E-state index contributed by atoms with van der Waals surface area (Å²) >= 11 is 0. The van der Waals surface area contributed by atoms with Gasteiger partial charge in [0, 0.05) is 32.1 Å². The second-order valence-corrected chi connectivity index (χ2v) is 4.89. The number of halogens is 3. The van der Waals surface area contributed by atoms with E-state index in [2.05, 4.69) is 5.32 Å². The van der Waals surface area contributed by atoms with E-state index in [0.29, 0.717) is 6.08 Å². The van der Waals surface area contributed by atoms with Gasteiger partial charge in [-0.2, -0.15) is 13.2 Å². The Morgan fingerprint density at radius 3 is 2.45 bits per heavy atom. The number of nitrogens with zero attached hydrogens (tertiary/aromatic N) is 1. The number of nitrogens with one attached hydrogen (secondary N) is 1. The quantitative estimate of drug-likeness (QED) is 0.498. The first-order valence-corrected chi connectivity index (χ1v) is 6.33. The van der Waals surface area contributed by atoms with Gasteiger partial charge in [-0.05, 0) is 30.7 Å². The van der Waals surface area contributed by atoms with E-state index in [-0.39, 0.29) is 17.1 Å². The third-order valence-electron chi connectivity index (χ3n) is 2.55. The maximum absolute atomic E-state index is 12.4. The van der Waals surface area contributed by atoms with E-state index in [1.807, 2.05) is 0 Å². The van der Waals surface area contributed by atoms with Gasteiger partial charge in [-0.25, -0.2) is 0 Å². The van der Waals surface area contributed by atoms with Gasteiger partial charge in [0.15, 0.2) is 0 Å². The fourth-order valence-corrected chi connectivity index (χ4v) is 1.48. The monoisotopic (exact) mass is 314 g/mol. The summed E-state index contributed by atoms with van der Waals surface area (Å²) in [6, 6.07) is 4.65. The zero-order valence-electron chi connectivity index (χ0n) is 12.4. The van der Waals surface area contributed by atoms with Crippen LogP contribution in [-0.4, -0.2) is 36.1 Å². The number of aryl methyl sites for hydroxylation is 1. The molecule has 0 heterocycles. The normalized spacial score (nSPS) is 12.5. The molecule has 0 saturated heterocycles. The van der Waals surface area contributed by atoms with Crippen LogP contribution in [0.2, 0.25) is 0 Å². The minimum Gasteiger partial charge on any atom is -0.506 e. The topological polar surface area (TPSA) is 52.6 Å². The SMILES string of the molecule is Cc1ccc(NC(=C\C(=O)C(F)(F)F)/C=C/N(C)C)c(O)c1. The molecule has 0 atom stereocenters. The molecule has 0 fully saturated rings. The zero-order chi connectivity index (χ0) is 16.9. The third kappa shape index (κ3) is 5.51. The molecule has 0 saturated carbocycles. The Balaban J connectivity index is 3.10. The standard InChI is InChI=1S/C15H17F3N2O2/c1-10-4-5-12(13(21)8-10)19-11(6-7-20(2)3)9-14(22)15(16,17)18/h4-9,19,21H,1-3H3/b7-6+,11-9-. The number of hydrogen-bond acceptors (Lipinski definition) is 4. The van der Waals surface area contributed by atoms with Crippen molar-refractivity contribution < 1.29 is 23.1 Å². The second-order valence-electron chi connectivity index (χ2n) is 4.89. The number of carbonyl (C=O) groups excluding carboxylic acids is 1. The summed E-state index contributed by atoms with van der Waals surface area (Å²) in [6.07, 6.45) is -1.72. The van der Waals surface area contributed by atoms with Crippen molar-refractivity contribution in [1.82, 2.24) is 4.90 Å². The molecule has 2 N–H and O–H groups in total. The molecule has 0 unspecified atom stereocenters. The number of anilines is 1. The minimum absolute atomic E-state index is 0.0878. The van der Waals surface area contributed by atoms with Crippen LogP contribution < -0.4 is 5.32 Å². The van der Waals surface area contributed by atoms with Crippen LogP contribution in [0.3, 0.4) is 0 Å². The number of benzene rings is 1. The maximum Gasteiger partial charge on any atom is 0.454 e. The van der Waals surface area contributed by atoms with E-state index >= 15 is 0 Å². The van der Waals surface area contributed by atoms with Crippen LogP contribution in [0.25, 0.3) is 0 Å². The number of allylic oxidation sites excluding steroid dienone is 2. The lowest BCUT2D eigenvalue weighted by Crippen LogP contribution is -2.21. The summed E-state index contributed by atoms with van der Waals surface area (Å²) in [7, 11) is 3.37. The molecule has 0 radical (unpaired) electrons. The minimum atomic E-state index is -4.95.